The van der Waals surface area contributed by atoms with Crippen LogP contribution >= 0.6 is 15.9 Å². The minimum Gasteiger partial charge on any atom is -0.497 e. The highest BCUT2D eigenvalue weighted by Gasteiger charge is 2.46. The molecule has 5 rings (SSSR count). The molecule has 10 nitrogen and oxygen atoms in total. The van der Waals surface area contributed by atoms with Crippen LogP contribution in [0.5, 0.6) is 11.5 Å². The van der Waals surface area contributed by atoms with Gasteiger partial charge in [-0.3, -0.25) is 9.59 Å². The molecule has 0 radical (unpaired) electrons. The number of pyridine rings is 1. The maximum Gasteiger partial charge on any atom is 0.416 e. The number of aromatic nitrogens is 1. The molecular weight excluding hydrogens is 757 g/mol. The van der Waals surface area contributed by atoms with Gasteiger partial charge >= 0.3 is 12.3 Å². The van der Waals surface area contributed by atoms with Crippen LogP contribution in [0.1, 0.15) is 53.5 Å². The van der Waals surface area contributed by atoms with Crippen molar-refractivity contribution < 1.29 is 41.8 Å². The monoisotopic (exact) mass is 798 g/mol. The summed E-state index contributed by atoms with van der Waals surface area (Å²) in [4.78, 5) is 47.6. The van der Waals surface area contributed by atoms with Gasteiger partial charge in [0.2, 0.25) is 11.8 Å². The number of rotatable bonds is 8. The molecule has 0 unspecified atom stereocenters. The first-order chi connectivity index (χ1) is 24.7. The third-order valence-corrected chi connectivity index (χ3v) is 9.21. The number of nitrogens with one attached hydrogen (secondary N) is 2. The molecule has 3 amide bonds. The van der Waals surface area contributed by atoms with E-state index in [2.05, 4.69) is 26.6 Å². The van der Waals surface area contributed by atoms with E-state index in [0.29, 0.717) is 28.1 Å². The fraction of sp³-hybridized carbons (Fsp3) is 0.385. The minimum absolute atomic E-state index is 0.0158. The number of methoxy groups -OCH3 is 1. The first-order valence-corrected chi connectivity index (χ1v) is 17.7. The maximum atomic E-state index is 14.5. The van der Waals surface area contributed by atoms with Gasteiger partial charge in [-0.15, -0.1) is 0 Å². The molecule has 0 saturated carbocycles. The Morgan fingerprint density at radius 3 is 2.26 bits per heavy atom. The largest absolute Gasteiger partial charge is 0.497 e. The summed E-state index contributed by atoms with van der Waals surface area (Å²) >= 11 is 3.23. The van der Waals surface area contributed by atoms with Crippen LogP contribution in [0.2, 0.25) is 0 Å². The fourth-order valence-corrected chi connectivity index (χ4v) is 6.31. The number of ether oxygens (including phenoxy) is 3. The highest BCUT2D eigenvalue weighted by atomic mass is 79.9. The highest BCUT2D eigenvalue weighted by Crippen LogP contribution is 2.37. The van der Waals surface area contributed by atoms with Gasteiger partial charge in [-0.2, -0.15) is 13.2 Å². The first-order valence-electron chi connectivity index (χ1n) is 16.9. The average molecular weight is 800 g/mol. The molecule has 4 aromatic rings. The fourth-order valence-electron chi connectivity index (χ4n) is 5.97. The number of halogens is 4. The SMILES string of the molecule is COc1ccc2c(O[C@@H]3C[C@@H](C(=O)Nc4cc(C(F)(F)F)ccc4Br)N(C(=O)[C@@H](NC(=O)OC(C)(C)C)C(C)(C)C)C3)cc(-c3ccccc3)nc2c1. The van der Waals surface area contributed by atoms with Gasteiger partial charge in [0, 0.05) is 34.0 Å². The number of likely N-dealkylation sites (tertiary alicyclic amines) is 1. The second-order valence-corrected chi connectivity index (χ2v) is 15.7. The van der Waals surface area contributed by atoms with Crippen LogP contribution in [0, 0.1) is 5.41 Å². The standard InChI is InChI=1S/C39H42BrF3N4O6/c1-37(2,3)33(46-36(50)53-38(4,5)6)35(49)47-21-25(19-31(47)34(48)45-30-17-23(39(41,42)43)13-16-27(30)40)52-32-20-28(22-11-9-8-10-12-22)44-29-18-24(51-7)14-15-26(29)32/h8-18,20,25,31,33H,19,21H2,1-7H3,(H,45,48)(H,46,50)/t25-,31+,33-/m1/s1. The van der Waals surface area contributed by atoms with E-state index in [4.69, 9.17) is 19.2 Å². The summed E-state index contributed by atoms with van der Waals surface area (Å²) in [6.45, 7) is 10.3. The number of nitrogens with zero attached hydrogens (tertiary/aromatic N) is 2. The quantitative estimate of drug-likeness (QED) is 0.183. The second-order valence-electron chi connectivity index (χ2n) is 14.9. The van der Waals surface area contributed by atoms with Crippen molar-refractivity contribution in [2.45, 2.75) is 77.9 Å². The van der Waals surface area contributed by atoms with Crippen LogP contribution in [0.25, 0.3) is 22.2 Å². The Labute approximate surface area is 314 Å². The molecule has 1 fully saturated rings. The third kappa shape index (κ3) is 9.58. The summed E-state index contributed by atoms with van der Waals surface area (Å²) in [5.74, 6) is -0.299. The van der Waals surface area contributed by atoms with Crippen molar-refractivity contribution in [3.8, 4) is 22.8 Å². The zero-order valence-corrected chi connectivity index (χ0v) is 32.0. The number of anilines is 1. The summed E-state index contributed by atoms with van der Waals surface area (Å²) in [6.07, 6.45) is -6.24. The van der Waals surface area contributed by atoms with Crippen molar-refractivity contribution >= 4 is 50.4 Å². The van der Waals surface area contributed by atoms with E-state index in [1.54, 1.807) is 72.9 Å². The van der Waals surface area contributed by atoms with Crippen LogP contribution in [0.3, 0.4) is 0 Å². The Kier molecular flexibility index (Phi) is 11.3. The number of carbonyl (C=O) groups excluding carboxylic acids is 3. The summed E-state index contributed by atoms with van der Waals surface area (Å²) in [6, 6.07) is 17.2. The molecule has 1 aliphatic rings. The number of fused-ring (bicyclic) bond motifs is 1. The van der Waals surface area contributed by atoms with Gasteiger partial charge in [0.15, 0.2) is 0 Å². The Morgan fingerprint density at radius 2 is 1.64 bits per heavy atom. The molecule has 1 aliphatic heterocycles. The number of alkyl halides is 3. The van der Waals surface area contributed by atoms with Crippen molar-refractivity contribution in [2.75, 3.05) is 19.0 Å². The number of amides is 3. The molecule has 3 aromatic carbocycles. The van der Waals surface area contributed by atoms with Gasteiger partial charge in [0.05, 0.1) is 36.1 Å². The Balaban J connectivity index is 1.53. The van der Waals surface area contributed by atoms with Gasteiger partial charge in [0.25, 0.3) is 0 Å². The van der Waals surface area contributed by atoms with E-state index in [1.807, 2.05) is 30.3 Å². The van der Waals surface area contributed by atoms with Crippen molar-refractivity contribution in [3.63, 3.8) is 0 Å². The van der Waals surface area contributed by atoms with E-state index >= 15 is 0 Å². The average Bonchev–Trinajstić information content (AvgIpc) is 3.50. The van der Waals surface area contributed by atoms with E-state index in [0.717, 1.165) is 17.7 Å². The van der Waals surface area contributed by atoms with Gasteiger partial charge in [0.1, 0.15) is 35.3 Å². The molecule has 2 N–H and O–H groups in total. The molecular formula is C39H42BrF3N4O6. The Morgan fingerprint density at radius 1 is 0.943 bits per heavy atom. The normalized spacial score (nSPS) is 16.9. The van der Waals surface area contributed by atoms with Gasteiger partial charge < -0.3 is 29.7 Å². The molecule has 2 heterocycles. The van der Waals surface area contributed by atoms with E-state index < -0.39 is 58.9 Å². The first kappa shape index (κ1) is 39.4. The number of hydrogen-bond donors (Lipinski definition) is 2. The highest BCUT2D eigenvalue weighted by molar-refractivity contribution is 9.10. The van der Waals surface area contributed by atoms with Crippen molar-refractivity contribution in [1.82, 2.24) is 15.2 Å². The van der Waals surface area contributed by atoms with E-state index in [9.17, 15) is 27.6 Å². The molecule has 1 saturated heterocycles. The topological polar surface area (TPSA) is 119 Å². The molecule has 0 spiro atoms. The number of carbonyl (C=O) groups is 3. The van der Waals surface area contributed by atoms with Crippen molar-refractivity contribution in [3.05, 3.63) is 82.8 Å². The number of benzene rings is 3. The van der Waals surface area contributed by atoms with Gasteiger partial charge in [-0.1, -0.05) is 51.1 Å². The molecule has 0 bridgehead atoms. The third-order valence-electron chi connectivity index (χ3n) is 8.52. The van der Waals surface area contributed by atoms with E-state index in [-0.39, 0.29) is 23.1 Å². The van der Waals surface area contributed by atoms with Crippen molar-refractivity contribution in [2.24, 2.45) is 5.41 Å². The van der Waals surface area contributed by atoms with Crippen LogP contribution in [0.15, 0.2) is 77.3 Å². The molecule has 14 heteroatoms. The van der Waals surface area contributed by atoms with Crippen LogP contribution < -0.4 is 20.1 Å². The van der Waals surface area contributed by atoms with Crippen LogP contribution in [0.4, 0.5) is 23.7 Å². The Bertz CT molecular complexity index is 2000. The molecule has 3 atom stereocenters. The van der Waals surface area contributed by atoms with Gasteiger partial charge in [-0.05, 0) is 72.4 Å². The van der Waals surface area contributed by atoms with Crippen LogP contribution in [-0.4, -0.2) is 65.2 Å². The minimum atomic E-state index is -4.66. The summed E-state index contributed by atoms with van der Waals surface area (Å²) in [5, 5.41) is 5.92. The molecule has 53 heavy (non-hydrogen) atoms. The van der Waals surface area contributed by atoms with Crippen LogP contribution in [-0.2, 0) is 20.5 Å². The predicted octanol–water partition coefficient (Wildman–Crippen LogP) is 8.62. The summed E-state index contributed by atoms with van der Waals surface area (Å²) in [5.41, 5.74) is -0.740. The smallest absolute Gasteiger partial charge is 0.416 e. The zero-order chi connectivity index (χ0) is 38.9. The maximum absolute atomic E-state index is 14.5. The van der Waals surface area contributed by atoms with Gasteiger partial charge in [-0.25, -0.2) is 9.78 Å². The zero-order valence-electron chi connectivity index (χ0n) is 30.4. The lowest BCUT2D eigenvalue weighted by Gasteiger charge is -2.35. The molecule has 0 aliphatic carbocycles. The van der Waals surface area contributed by atoms with E-state index in [1.165, 1.54) is 11.0 Å². The number of hydrogen-bond acceptors (Lipinski definition) is 7. The predicted molar refractivity (Wildman–Crippen MR) is 199 cm³/mol. The summed E-state index contributed by atoms with van der Waals surface area (Å²) < 4.78 is 58.5. The number of alkyl carbamates (subject to hydrolysis) is 1. The lowest BCUT2D eigenvalue weighted by Crippen LogP contribution is -2.57. The Hall–Kier alpha value is -4.85. The molecule has 282 valence electrons. The molecule has 1 aromatic heterocycles. The lowest BCUT2D eigenvalue weighted by molar-refractivity contribution is -0.140. The lowest BCUT2D eigenvalue weighted by atomic mass is 9.85. The summed E-state index contributed by atoms with van der Waals surface area (Å²) in [7, 11) is 1.55. The second kappa shape index (κ2) is 15.2. The van der Waals surface area contributed by atoms with Crippen molar-refractivity contribution in [1.29, 1.82) is 0 Å².